The van der Waals surface area contributed by atoms with Crippen LogP contribution in [-0.4, -0.2) is 12.5 Å². The molecular weight excluding hydrogens is 286 g/mol. The van der Waals surface area contributed by atoms with Gasteiger partial charge in [-0.3, -0.25) is 4.79 Å². The minimum absolute atomic E-state index is 0.0972. The van der Waals surface area contributed by atoms with Gasteiger partial charge in [-0.2, -0.15) is 0 Å². The van der Waals surface area contributed by atoms with E-state index in [1.165, 1.54) is 5.56 Å². The summed E-state index contributed by atoms with van der Waals surface area (Å²) in [6.45, 7) is 6.95. The topological polar surface area (TPSA) is 38.3 Å². The van der Waals surface area contributed by atoms with E-state index in [1.54, 1.807) is 0 Å². The van der Waals surface area contributed by atoms with E-state index >= 15 is 0 Å². The van der Waals surface area contributed by atoms with Gasteiger partial charge in [-0.05, 0) is 55.5 Å². The molecule has 1 aliphatic rings. The van der Waals surface area contributed by atoms with Crippen LogP contribution in [0.1, 0.15) is 41.5 Å². The normalized spacial score (nSPS) is 16.1. The van der Waals surface area contributed by atoms with Crippen molar-refractivity contribution in [1.82, 2.24) is 0 Å². The molecule has 0 saturated carbocycles. The van der Waals surface area contributed by atoms with Crippen molar-refractivity contribution in [2.75, 3.05) is 11.9 Å². The van der Waals surface area contributed by atoms with E-state index in [4.69, 9.17) is 4.74 Å². The van der Waals surface area contributed by atoms with Gasteiger partial charge in [0, 0.05) is 5.69 Å². The number of fused-ring (bicyclic) bond motifs is 1. The lowest BCUT2D eigenvalue weighted by atomic mass is 9.91. The lowest BCUT2D eigenvalue weighted by molar-refractivity contribution is -0.117. The number of carbonyl (C=O) groups excluding carboxylic acids is 1. The zero-order valence-electron chi connectivity index (χ0n) is 14.0. The molecule has 1 atom stereocenters. The van der Waals surface area contributed by atoms with E-state index in [0.717, 1.165) is 47.6 Å². The van der Waals surface area contributed by atoms with Gasteiger partial charge in [-0.15, -0.1) is 0 Å². The summed E-state index contributed by atoms with van der Waals surface area (Å²) in [6.07, 6.45) is 1.72. The number of amides is 1. The summed E-state index contributed by atoms with van der Waals surface area (Å²) < 4.78 is 5.61. The molecular formula is C20H23NO2. The lowest BCUT2D eigenvalue weighted by Crippen LogP contribution is -2.14. The summed E-state index contributed by atoms with van der Waals surface area (Å²) >= 11 is 0. The number of hydrogen-bond acceptors (Lipinski definition) is 2. The summed E-state index contributed by atoms with van der Waals surface area (Å²) in [7, 11) is 0. The van der Waals surface area contributed by atoms with E-state index in [9.17, 15) is 4.79 Å². The van der Waals surface area contributed by atoms with Crippen LogP contribution in [0.25, 0.3) is 0 Å². The highest BCUT2D eigenvalue weighted by Crippen LogP contribution is 2.37. The molecule has 1 unspecified atom stereocenters. The quantitative estimate of drug-likeness (QED) is 0.890. The molecule has 3 rings (SSSR count). The van der Waals surface area contributed by atoms with Crippen molar-refractivity contribution in [2.24, 2.45) is 0 Å². The fourth-order valence-corrected chi connectivity index (χ4v) is 3.18. The standard InChI is InChI=1S/C20H23NO2/c1-4-9-23-16-7-5-15(6-8-16)12-18-17-11-13(2)10-14(3)19(17)21-20(18)22/h5-8,10-11,18H,4,9,12H2,1-3H3,(H,21,22). The molecule has 0 spiro atoms. The van der Waals surface area contributed by atoms with Crippen molar-refractivity contribution in [3.8, 4) is 5.75 Å². The maximum atomic E-state index is 12.4. The smallest absolute Gasteiger partial charge is 0.232 e. The highest BCUT2D eigenvalue weighted by molar-refractivity contribution is 6.04. The fraction of sp³-hybridized carbons (Fsp3) is 0.350. The second-order valence-corrected chi connectivity index (χ2v) is 6.28. The van der Waals surface area contributed by atoms with Gasteiger partial charge in [0.1, 0.15) is 5.75 Å². The average molecular weight is 309 g/mol. The van der Waals surface area contributed by atoms with Gasteiger partial charge in [0.2, 0.25) is 5.91 Å². The van der Waals surface area contributed by atoms with Gasteiger partial charge in [0.05, 0.1) is 12.5 Å². The predicted molar refractivity (Wildman–Crippen MR) is 93.2 cm³/mol. The van der Waals surface area contributed by atoms with Gasteiger partial charge in [-0.1, -0.05) is 36.8 Å². The average Bonchev–Trinajstić information content (AvgIpc) is 2.83. The molecule has 23 heavy (non-hydrogen) atoms. The molecule has 2 aromatic rings. The van der Waals surface area contributed by atoms with Gasteiger partial charge >= 0.3 is 0 Å². The molecule has 3 nitrogen and oxygen atoms in total. The van der Waals surface area contributed by atoms with Gasteiger partial charge in [0.15, 0.2) is 0 Å². The highest BCUT2D eigenvalue weighted by atomic mass is 16.5. The minimum atomic E-state index is -0.106. The van der Waals surface area contributed by atoms with Crippen LogP contribution in [0.3, 0.4) is 0 Å². The Hall–Kier alpha value is -2.29. The third-order valence-corrected chi connectivity index (χ3v) is 4.29. The van der Waals surface area contributed by atoms with Crippen LogP contribution < -0.4 is 10.1 Å². The van der Waals surface area contributed by atoms with Crippen LogP contribution >= 0.6 is 0 Å². The molecule has 0 bridgehead atoms. The molecule has 0 radical (unpaired) electrons. The molecule has 0 saturated heterocycles. The largest absolute Gasteiger partial charge is 0.494 e. The number of benzene rings is 2. The third-order valence-electron chi connectivity index (χ3n) is 4.29. The summed E-state index contributed by atoms with van der Waals surface area (Å²) in [6, 6.07) is 12.3. The summed E-state index contributed by atoms with van der Waals surface area (Å²) in [5.41, 5.74) is 5.61. The molecule has 1 heterocycles. The van der Waals surface area contributed by atoms with Crippen LogP contribution in [0.4, 0.5) is 5.69 Å². The third kappa shape index (κ3) is 3.24. The van der Waals surface area contributed by atoms with Gasteiger partial charge in [0.25, 0.3) is 0 Å². The number of rotatable bonds is 5. The monoisotopic (exact) mass is 309 g/mol. The van der Waals surface area contributed by atoms with Crippen LogP contribution in [0.15, 0.2) is 36.4 Å². The van der Waals surface area contributed by atoms with Crippen LogP contribution in [0, 0.1) is 13.8 Å². The Morgan fingerprint density at radius 2 is 1.87 bits per heavy atom. The predicted octanol–water partition coefficient (Wildman–Crippen LogP) is 4.37. The van der Waals surface area contributed by atoms with Crippen LogP contribution in [0.5, 0.6) is 5.75 Å². The highest BCUT2D eigenvalue weighted by Gasteiger charge is 2.31. The van der Waals surface area contributed by atoms with Crippen molar-refractivity contribution in [3.05, 3.63) is 58.7 Å². The van der Waals surface area contributed by atoms with E-state index < -0.39 is 0 Å². The van der Waals surface area contributed by atoms with Crippen LogP contribution in [-0.2, 0) is 11.2 Å². The Labute approximate surface area is 137 Å². The van der Waals surface area contributed by atoms with Gasteiger partial charge < -0.3 is 10.1 Å². The fourth-order valence-electron chi connectivity index (χ4n) is 3.18. The molecule has 0 aromatic heterocycles. The Bertz CT molecular complexity index is 719. The van der Waals surface area contributed by atoms with Crippen LogP contribution in [0.2, 0.25) is 0 Å². The first-order chi connectivity index (χ1) is 11.1. The first-order valence-corrected chi connectivity index (χ1v) is 8.22. The number of carbonyl (C=O) groups is 1. The maximum absolute atomic E-state index is 12.4. The molecule has 1 N–H and O–H groups in total. The second kappa shape index (κ2) is 6.45. The Kier molecular flexibility index (Phi) is 4.37. The molecule has 1 amide bonds. The molecule has 0 aliphatic carbocycles. The minimum Gasteiger partial charge on any atom is -0.494 e. The lowest BCUT2D eigenvalue weighted by Gasteiger charge is -2.11. The van der Waals surface area contributed by atoms with E-state index in [-0.39, 0.29) is 11.8 Å². The Morgan fingerprint density at radius 1 is 1.13 bits per heavy atom. The maximum Gasteiger partial charge on any atom is 0.232 e. The number of aryl methyl sites for hydroxylation is 2. The zero-order chi connectivity index (χ0) is 16.4. The van der Waals surface area contributed by atoms with Crippen molar-refractivity contribution >= 4 is 11.6 Å². The van der Waals surface area contributed by atoms with Crippen molar-refractivity contribution in [1.29, 1.82) is 0 Å². The molecule has 2 aromatic carbocycles. The Balaban J connectivity index is 1.80. The van der Waals surface area contributed by atoms with E-state index in [2.05, 4.69) is 43.4 Å². The summed E-state index contributed by atoms with van der Waals surface area (Å²) in [5.74, 6) is 0.879. The van der Waals surface area contributed by atoms with E-state index in [1.807, 2.05) is 19.1 Å². The zero-order valence-corrected chi connectivity index (χ0v) is 14.0. The van der Waals surface area contributed by atoms with Crippen molar-refractivity contribution in [2.45, 2.75) is 39.5 Å². The summed E-state index contributed by atoms with van der Waals surface area (Å²) in [4.78, 5) is 12.4. The molecule has 3 heteroatoms. The molecule has 1 aliphatic heterocycles. The Morgan fingerprint density at radius 3 is 2.57 bits per heavy atom. The number of hydrogen-bond donors (Lipinski definition) is 1. The van der Waals surface area contributed by atoms with Crippen molar-refractivity contribution in [3.63, 3.8) is 0 Å². The molecule has 120 valence electrons. The number of anilines is 1. The molecule has 0 fully saturated rings. The second-order valence-electron chi connectivity index (χ2n) is 6.28. The number of ether oxygens (including phenoxy) is 1. The number of nitrogens with one attached hydrogen (secondary N) is 1. The van der Waals surface area contributed by atoms with Gasteiger partial charge in [-0.25, -0.2) is 0 Å². The first kappa shape index (κ1) is 15.6. The first-order valence-electron chi connectivity index (χ1n) is 8.22. The SMILES string of the molecule is CCCOc1ccc(CC2C(=O)Nc3c(C)cc(C)cc32)cc1. The summed E-state index contributed by atoms with van der Waals surface area (Å²) in [5, 5.41) is 3.04. The van der Waals surface area contributed by atoms with Crippen molar-refractivity contribution < 1.29 is 9.53 Å². The van der Waals surface area contributed by atoms with E-state index in [0.29, 0.717) is 0 Å².